The Balaban J connectivity index is 1.90. The maximum absolute atomic E-state index is 12.2. The van der Waals surface area contributed by atoms with Crippen molar-refractivity contribution in [1.29, 1.82) is 0 Å². The van der Waals surface area contributed by atoms with Crippen LogP contribution in [0.5, 0.6) is 11.5 Å². The highest BCUT2D eigenvalue weighted by atomic mass is 16.5. The Labute approximate surface area is 152 Å². The Morgan fingerprint density at radius 1 is 0.962 bits per heavy atom. The maximum atomic E-state index is 12.2. The molecule has 0 spiro atoms. The minimum atomic E-state index is -0.422. The lowest BCUT2D eigenvalue weighted by Crippen LogP contribution is -2.35. The number of ether oxygens (including phenoxy) is 2. The summed E-state index contributed by atoms with van der Waals surface area (Å²) in [7, 11) is 3.00. The van der Waals surface area contributed by atoms with Crippen LogP contribution in [0.2, 0.25) is 0 Å². The van der Waals surface area contributed by atoms with Crippen molar-refractivity contribution in [3.8, 4) is 11.5 Å². The number of hydrazone groups is 1. The van der Waals surface area contributed by atoms with Gasteiger partial charge >= 0.3 is 0 Å². The monoisotopic (exact) mass is 355 g/mol. The normalized spacial score (nSPS) is 10.8. The second-order valence-corrected chi connectivity index (χ2v) is 5.35. The summed E-state index contributed by atoms with van der Waals surface area (Å²) in [5.41, 5.74) is 4.35. The van der Waals surface area contributed by atoms with Crippen molar-refractivity contribution in [3.63, 3.8) is 0 Å². The van der Waals surface area contributed by atoms with E-state index in [0.29, 0.717) is 22.8 Å². The summed E-state index contributed by atoms with van der Waals surface area (Å²) in [6.45, 7) is 1.59. The molecule has 0 aliphatic rings. The van der Waals surface area contributed by atoms with E-state index in [4.69, 9.17) is 9.47 Å². The van der Waals surface area contributed by atoms with Gasteiger partial charge in [-0.1, -0.05) is 30.3 Å². The molecule has 2 rings (SSSR count). The van der Waals surface area contributed by atoms with Crippen LogP contribution in [0.3, 0.4) is 0 Å². The molecular weight excluding hydrogens is 334 g/mol. The van der Waals surface area contributed by atoms with Gasteiger partial charge in [-0.15, -0.1) is 0 Å². The molecule has 7 nitrogen and oxygen atoms in total. The summed E-state index contributed by atoms with van der Waals surface area (Å²) in [5.74, 6) is 0.138. The molecule has 0 aromatic heterocycles. The first kappa shape index (κ1) is 19.0. The number of rotatable bonds is 7. The Bertz CT molecular complexity index is 804. The average molecular weight is 355 g/mol. The number of hydrogen-bond acceptors (Lipinski definition) is 5. The number of nitrogens with zero attached hydrogens (tertiary/aromatic N) is 1. The summed E-state index contributed by atoms with van der Waals surface area (Å²) in [6, 6.07) is 14.2. The molecular formula is C19H21N3O4. The molecule has 0 heterocycles. The standard InChI is InChI=1S/C19H21N3O4/c1-13(14-7-5-4-6-8-14)21-22-18(23)12-20-19(24)15-9-10-16(25-2)17(11-15)26-3/h4-11H,12H2,1-3H3,(H,20,24)(H,22,23)/b21-13-. The highest BCUT2D eigenvalue weighted by molar-refractivity contribution is 6.00. The third-order valence-corrected chi connectivity index (χ3v) is 3.60. The topological polar surface area (TPSA) is 89.0 Å². The molecule has 2 amide bonds. The minimum absolute atomic E-state index is 0.196. The minimum Gasteiger partial charge on any atom is -0.493 e. The van der Waals surface area contributed by atoms with Gasteiger partial charge in [0.25, 0.3) is 11.8 Å². The molecule has 0 unspecified atom stereocenters. The van der Waals surface area contributed by atoms with Crippen LogP contribution in [0.25, 0.3) is 0 Å². The second kappa shape index (κ2) is 9.22. The van der Waals surface area contributed by atoms with Crippen LogP contribution in [0, 0.1) is 0 Å². The molecule has 2 aromatic carbocycles. The van der Waals surface area contributed by atoms with Crippen LogP contribution in [0.1, 0.15) is 22.8 Å². The first-order valence-electron chi connectivity index (χ1n) is 7.94. The van der Waals surface area contributed by atoms with E-state index in [2.05, 4.69) is 15.8 Å². The molecule has 2 aromatic rings. The fraction of sp³-hybridized carbons (Fsp3) is 0.211. The zero-order chi connectivity index (χ0) is 18.9. The van der Waals surface area contributed by atoms with E-state index < -0.39 is 11.8 Å². The van der Waals surface area contributed by atoms with Crippen molar-refractivity contribution in [3.05, 3.63) is 59.7 Å². The van der Waals surface area contributed by atoms with Crippen LogP contribution >= 0.6 is 0 Å². The van der Waals surface area contributed by atoms with Crippen molar-refractivity contribution >= 4 is 17.5 Å². The average Bonchev–Trinajstić information content (AvgIpc) is 2.70. The van der Waals surface area contributed by atoms with E-state index in [1.165, 1.54) is 14.2 Å². The molecule has 0 saturated heterocycles. The third-order valence-electron chi connectivity index (χ3n) is 3.60. The van der Waals surface area contributed by atoms with Crippen LogP contribution in [-0.2, 0) is 4.79 Å². The summed E-state index contributed by atoms with van der Waals surface area (Å²) >= 11 is 0. The van der Waals surface area contributed by atoms with Gasteiger partial charge in [-0.3, -0.25) is 9.59 Å². The molecule has 136 valence electrons. The van der Waals surface area contributed by atoms with Crippen LogP contribution < -0.4 is 20.2 Å². The number of carbonyl (C=O) groups excluding carboxylic acids is 2. The highest BCUT2D eigenvalue weighted by Gasteiger charge is 2.11. The third kappa shape index (κ3) is 5.07. The number of nitrogens with one attached hydrogen (secondary N) is 2. The molecule has 0 saturated carbocycles. The molecule has 0 radical (unpaired) electrons. The number of carbonyl (C=O) groups is 2. The number of amides is 2. The quantitative estimate of drug-likeness (QED) is 0.587. The van der Waals surface area contributed by atoms with Gasteiger partial charge in [0, 0.05) is 5.56 Å². The lowest BCUT2D eigenvalue weighted by atomic mass is 10.1. The van der Waals surface area contributed by atoms with Gasteiger partial charge in [-0.25, -0.2) is 5.43 Å². The predicted molar refractivity (Wildman–Crippen MR) is 98.7 cm³/mol. The number of hydrogen-bond donors (Lipinski definition) is 2. The largest absolute Gasteiger partial charge is 0.493 e. The predicted octanol–water partition coefficient (Wildman–Crippen LogP) is 1.97. The van der Waals surface area contributed by atoms with Crippen LogP contribution in [0.15, 0.2) is 53.6 Å². The molecule has 0 aliphatic heterocycles. The van der Waals surface area contributed by atoms with E-state index >= 15 is 0 Å². The van der Waals surface area contributed by atoms with Gasteiger partial charge in [-0.05, 0) is 30.7 Å². The van der Waals surface area contributed by atoms with E-state index in [1.807, 2.05) is 30.3 Å². The van der Waals surface area contributed by atoms with Gasteiger partial charge in [0.2, 0.25) is 0 Å². The van der Waals surface area contributed by atoms with Gasteiger partial charge < -0.3 is 14.8 Å². The Morgan fingerprint density at radius 2 is 1.65 bits per heavy atom. The summed E-state index contributed by atoms with van der Waals surface area (Å²) < 4.78 is 10.3. The first-order valence-corrected chi connectivity index (χ1v) is 7.94. The molecule has 0 aliphatic carbocycles. The smallest absolute Gasteiger partial charge is 0.259 e. The van der Waals surface area contributed by atoms with Crippen LogP contribution in [0.4, 0.5) is 0 Å². The Morgan fingerprint density at radius 3 is 2.31 bits per heavy atom. The number of methoxy groups -OCH3 is 2. The van der Waals surface area contributed by atoms with Crippen molar-refractivity contribution in [2.24, 2.45) is 5.10 Å². The molecule has 0 atom stereocenters. The van der Waals surface area contributed by atoms with Crippen molar-refractivity contribution in [1.82, 2.24) is 10.7 Å². The highest BCUT2D eigenvalue weighted by Crippen LogP contribution is 2.27. The Kier molecular flexibility index (Phi) is 6.73. The van der Waals surface area contributed by atoms with Crippen molar-refractivity contribution in [2.45, 2.75) is 6.92 Å². The molecule has 2 N–H and O–H groups in total. The fourth-order valence-electron chi connectivity index (χ4n) is 2.17. The molecule has 7 heteroatoms. The summed E-state index contributed by atoms with van der Waals surface area (Å²) in [5, 5.41) is 6.56. The van der Waals surface area contributed by atoms with E-state index in [-0.39, 0.29) is 6.54 Å². The zero-order valence-corrected chi connectivity index (χ0v) is 14.9. The SMILES string of the molecule is COc1ccc(C(=O)NCC(=O)N/N=C(/C)c2ccccc2)cc1OC. The maximum Gasteiger partial charge on any atom is 0.259 e. The fourth-order valence-corrected chi connectivity index (χ4v) is 2.17. The second-order valence-electron chi connectivity index (χ2n) is 5.35. The molecule has 26 heavy (non-hydrogen) atoms. The number of benzene rings is 2. The Hall–Kier alpha value is -3.35. The van der Waals surface area contributed by atoms with Gasteiger partial charge in [-0.2, -0.15) is 5.10 Å². The summed E-state index contributed by atoms with van der Waals surface area (Å²) in [4.78, 5) is 24.0. The van der Waals surface area contributed by atoms with Gasteiger partial charge in [0.05, 0.1) is 26.5 Å². The van der Waals surface area contributed by atoms with Crippen molar-refractivity contribution < 1.29 is 19.1 Å². The lowest BCUT2D eigenvalue weighted by molar-refractivity contribution is -0.120. The molecule has 0 bridgehead atoms. The van der Waals surface area contributed by atoms with Crippen molar-refractivity contribution in [2.75, 3.05) is 20.8 Å². The van der Waals surface area contributed by atoms with E-state index in [9.17, 15) is 9.59 Å². The van der Waals surface area contributed by atoms with Gasteiger partial charge in [0.15, 0.2) is 11.5 Å². The lowest BCUT2D eigenvalue weighted by Gasteiger charge is -2.09. The van der Waals surface area contributed by atoms with Crippen LogP contribution in [-0.4, -0.2) is 38.3 Å². The first-order chi connectivity index (χ1) is 12.5. The molecule has 0 fully saturated rings. The van der Waals surface area contributed by atoms with E-state index in [1.54, 1.807) is 25.1 Å². The van der Waals surface area contributed by atoms with Gasteiger partial charge in [0.1, 0.15) is 0 Å². The van der Waals surface area contributed by atoms with E-state index in [0.717, 1.165) is 5.56 Å². The summed E-state index contributed by atoms with van der Waals surface area (Å²) in [6.07, 6.45) is 0. The zero-order valence-electron chi connectivity index (χ0n) is 14.9.